The highest BCUT2D eigenvalue weighted by Gasteiger charge is 2.53. The number of nitriles is 1. The number of benzene rings is 2. The summed E-state index contributed by atoms with van der Waals surface area (Å²) in [5, 5.41) is 10.8. The number of likely N-dealkylation sites (tertiary alicyclic amines) is 1. The van der Waals surface area contributed by atoms with Gasteiger partial charge in [0.2, 0.25) is 0 Å². The van der Waals surface area contributed by atoms with Crippen LogP contribution in [-0.2, 0) is 20.0 Å². The highest BCUT2D eigenvalue weighted by Crippen LogP contribution is 2.51. The number of ether oxygens (including phenoxy) is 1. The number of halogens is 3. The number of nitrogens with two attached hydrogens (primary N) is 1. The molecule has 8 nitrogen and oxygen atoms in total. The van der Waals surface area contributed by atoms with Gasteiger partial charge in [0.15, 0.2) is 0 Å². The van der Waals surface area contributed by atoms with Crippen LogP contribution in [0.15, 0.2) is 59.5 Å². The molecule has 226 valence electrons. The van der Waals surface area contributed by atoms with Gasteiger partial charge in [-0.05, 0) is 80.9 Å². The highest BCUT2D eigenvalue weighted by atomic mass is 32.2. The maximum Gasteiger partial charge on any atom is 0.501 e. The minimum absolute atomic E-state index is 0.0904. The zero-order valence-electron chi connectivity index (χ0n) is 23.2. The lowest BCUT2D eigenvalue weighted by atomic mass is 9.59. The standard InChI is InChI=1S/C30H35F3N4O4S/c31-30(32,33)42(39,40)25-11-9-24(10-12-25)37-18-21(19-37)17-36-15-13-23(14-16-36)29(20-34,22-5-2-1-3-6-22)26-7-4-8-27(26)41-28(35)38/h1-3,5-6,9-12,21,23,26-27H,4,7-8,13-19H2,(H2,35,38)/t26-,27-,29+/m0/s1. The molecule has 3 fully saturated rings. The maximum absolute atomic E-state index is 12.8. The summed E-state index contributed by atoms with van der Waals surface area (Å²) in [6, 6.07) is 17.4. The van der Waals surface area contributed by atoms with Gasteiger partial charge >= 0.3 is 11.6 Å². The number of hydrogen-bond donors (Lipinski definition) is 1. The van der Waals surface area contributed by atoms with Crippen molar-refractivity contribution in [3.63, 3.8) is 0 Å². The van der Waals surface area contributed by atoms with E-state index in [0.29, 0.717) is 18.0 Å². The van der Waals surface area contributed by atoms with Crippen LogP contribution >= 0.6 is 0 Å². The summed E-state index contributed by atoms with van der Waals surface area (Å²) in [7, 11) is -5.36. The Morgan fingerprint density at radius 2 is 1.64 bits per heavy atom. The summed E-state index contributed by atoms with van der Waals surface area (Å²) < 4.78 is 67.2. The lowest BCUT2D eigenvalue weighted by Gasteiger charge is -2.47. The monoisotopic (exact) mass is 604 g/mol. The summed E-state index contributed by atoms with van der Waals surface area (Å²) >= 11 is 0. The highest BCUT2D eigenvalue weighted by molar-refractivity contribution is 7.92. The van der Waals surface area contributed by atoms with E-state index in [2.05, 4.69) is 11.0 Å². The molecule has 2 saturated heterocycles. The van der Waals surface area contributed by atoms with Crippen LogP contribution in [0.4, 0.5) is 23.7 Å². The number of anilines is 1. The Labute approximate surface area is 244 Å². The number of alkyl halides is 3. The van der Waals surface area contributed by atoms with Crippen LogP contribution in [0.5, 0.6) is 0 Å². The van der Waals surface area contributed by atoms with Gasteiger partial charge in [0.1, 0.15) is 6.10 Å². The first-order valence-electron chi connectivity index (χ1n) is 14.3. The number of carbonyl (C=O) groups is 1. The number of primary amides is 1. The fourth-order valence-electron chi connectivity index (χ4n) is 7.24. The first-order valence-corrected chi connectivity index (χ1v) is 15.8. The van der Waals surface area contributed by atoms with Crippen LogP contribution in [0.2, 0.25) is 0 Å². The van der Waals surface area contributed by atoms with Crippen molar-refractivity contribution >= 4 is 21.6 Å². The van der Waals surface area contributed by atoms with Gasteiger partial charge in [0.25, 0.3) is 9.84 Å². The molecule has 1 saturated carbocycles. The van der Waals surface area contributed by atoms with Crippen LogP contribution in [0, 0.1) is 29.1 Å². The number of hydrogen-bond acceptors (Lipinski definition) is 7. The maximum atomic E-state index is 12.8. The second-order valence-electron chi connectivity index (χ2n) is 11.6. The van der Waals surface area contributed by atoms with Gasteiger partial charge in [-0.1, -0.05) is 30.3 Å². The second kappa shape index (κ2) is 11.8. The molecule has 2 N–H and O–H groups in total. The fraction of sp³-hybridized carbons (Fsp3) is 0.533. The number of amides is 1. The second-order valence-corrected chi connectivity index (χ2v) is 13.6. The van der Waals surface area contributed by atoms with Gasteiger partial charge in [-0.15, -0.1) is 0 Å². The molecular formula is C30H35F3N4O4S. The molecule has 1 aliphatic carbocycles. The van der Waals surface area contributed by atoms with E-state index in [4.69, 9.17) is 10.5 Å². The first kappa shape index (κ1) is 30.2. The quantitative estimate of drug-likeness (QED) is 0.458. The van der Waals surface area contributed by atoms with Gasteiger partial charge in [-0.25, -0.2) is 13.2 Å². The number of rotatable bonds is 8. The van der Waals surface area contributed by atoms with Gasteiger partial charge < -0.3 is 20.3 Å². The normalized spacial score (nSPS) is 24.0. The number of carbonyl (C=O) groups excluding carboxylic acids is 1. The topological polar surface area (TPSA) is 117 Å². The Bertz CT molecular complexity index is 1400. The van der Waals surface area contributed by atoms with Gasteiger partial charge in [-0.2, -0.15) is 18.4 Å². The van der Waals surface area contributed by atoms with E-state index < -0.39 is 31.7 Å². The van der Waals surface area contributed by atoms with Crippen molar-refractivity contribution in [2.75, 3.05) is 37.6 Å². The third-order valence-corrected chi connectivity index (χ3v) is 10.8. The van der Waals surface area contributed by atoms with Crippen molar-refractivity contribution in [3.05, 3.63) is 60.2 Å². The van der Waals surface area contributed by atoms with E-state index in [9.17, 15) is 31.6 Å². The summed E-state index contributed by atoms with van der Waals surface area (Å²) in [5.41, 5.74) is 0.922. The summed E-state index contributed by atoms with van der Waals surface area (Å²) in [6.45, 7) is 3.98. The molecule has 0 spiro atoms. The minimum atomic E-state index is -5.36. The zero-order valence-corrected chi connectivity index (χ0v) is 24.0. The van der Waals surface area contributed by atoms with Gasteiger partial charge in [0, 0.05) is 37.2 Å². The van der Waals surface area contributed by atoms with Crippen LogP contribution in [-0.4, -0.2) is 63.7 Å². The van der Waals surface area contributed by atoms with Gasteiger partial charge in [-0.3, -0.25) is 0 Å². The molecule has 0 radical (unpaired) electrons. The molecule has 42 heavy (non-hydrogen) atoms. The molecule has 12 heteroatoms. The van der Waals surface area contributed by atoms with Gasteiger partial charge in [0.05, 0.1) is 16.4 Å². The molecule has 0 bridgehead atoms. The molecule has 5 rings (SSSR count). The van der Waals surface area contributed by atoms with Crippen molar-refractivity contribution in [2.24, 2.45) is 23.5 Å². The summed E-state index contributed by atoms with van der Waals surface area (Å²) in [4.78, 5) is 15.3. The van der Waals surface area contributed by atoms with Crippen molar-refractivity contribution < 1.29 is 31.1 Å². The molecule has 2 heterocycles. The Hall–Kier alpha value is -3.30. The SMILES string of the molecule is N#C[C@@](c1ccccc1)(C1CCN(CC2CN(c3ccc(S(=O)(=O)C(F)(F)F)cc3)C2)CC1)[C@H]1CCC[C@@H]1OC(N)=O. The molecule has 3 atom stereocenters. The largest absolute Gasteiger partial charge is 0.501 e. The predicted molar refractivity (Wildman–Crippen MR) is 150 cm³/mol. The first-order chi connectivity index (χ1) is 20.0. The molecule has 0 aromatic heterocycles. The van der Waals surface area contributed by atoms with Crippen LogP contribution in [0.1, 0.15) is 37.7 Å². The number of piperidine rings is 1. The Balaban J connectivity index is 1.20. The van der Waals surface area contributed by atoms with Crippen molar-refractivity contribution in [3.8, 4) is 6.07 Å². The fourth-order valence-corrected chi connectivity index (χ4v) is 8.01. The van der Waals surface area contributed by atoms with Crippen molar-refractivity contribution in [2.45, 2.75) is 54.0 Å². The Morgan fingerprint density at radius 1 is 1.00 bits per heavy atom. The van der Waals surface area contributed by atoms with E-state index >= 15 is 0 Å². The third kappa shape index (κ3) is 5.69. The van der Waals surface area contributed by atoms with E-state index in [-0.39, 0.29) is 17.9 Å². The molecule has 3 aliphatic rings. The number of nitrogens with zero attached hydrogens (tertiary/aromatic N) is 3. The minimum Gasteiger partial charge on any atom is -0.446 e. The van der Waals surface area contributed by atoms with Crippen LogP contribution < -0.4 is 10.6 Å². The number of sulfone groups is 1. The van der Waals surface area contributed by atoms with E-state index in [1.54, 1.807) is 0 Å². The van der Waals surface area contributed by atoms with E-state index in [0.717, 1.165) is 76.1 Å². The van der Waals surface area contributed by atoms with Crippen molar-refractivity contribution in [1.82, 2.24) is 4.90 Å². The Morgan fingerprint density at radius 3 is 2.21 bits per heavy atom. The van der Waals surface area contributed by atoms with Crippen LogP contribution in [0.25, 0.3) is 0 Å². The molecule has 2 aromatic rings. The Kier molecular flexibility index (Phi) is 8.45. The van der Waals surface area contributed by atoms with Crippen molar-refractivity contribution in [1.29, 1.82) is 5.26 Å². The lowest BCUT2D eigenvalue weighted by molar-refractivity contribution is -0.0436. The zero-order chi connectivity index (χ0) is 30.1. The summed E-state index contributed by atoms with van der Waals surface area (Å²) in [6.07, 6.45) is 2.82. The smallest absolute Gasteiger partial charge is 0.446 e. The lowest BCUT2D eigenvalue weighted by Crippen LogP contribution is -2.54. The molecular weight excluding hydrogens is 569 g/mol. The molecule has 2 aliphatic heterocycles. The van der Waals surface area contributed by atoms with E-state index in [1.165, 1.54) is 12.1 Å². The molecule has 2 aromatic carbocycles. The molecule has 1 amide bonds. The molecule has 0 unspecified atom stereocenters. The summed E-state index contributed by atoms with van der Waals surface area (Å²) in [5.74, 6) is 0.331. The van der Waals surface area contributed by atoms with Crippen LogP contribution in [0.3, 0.4) is 0 Å². The average Bonchev–Trinajstić information content (AvgIpc) is 3.40. The third-order valence-electron chi connectivity index (χ3n) is 9.26. The predicted octanol–water partition coefficient (Wildman–Crippen LogP) is 4.85. The van der Waals surface area contributed by atoms with E-state index in [1.807, 2.05) is 35.2 Å². The average molecular weight is 605 g/mol.